The van der Waals surface area contributed by atoms with Gasteiger partial charge in [-0.1, -0.05) is 19.4 Å². The van der Waals surface area contributed by atoms with Crippen LogP contribution in [0.2, 0.25) is 0 Å². The molecule has 3 heterocycles. The number of β-lactam (4-membered cyclic amide) rings is 1. The molecule has 2 atom stereocenters. The number of carboxylic acid groups (broad SMARTS) is 1. The number of esters is 1. The van der Waals surface area contributed by atoms with Gasteiger partial charge in [-0.3, -0.25) is 19.3 Å². The Bertz CT molecular complexity index is 986. The summed E-state index contributed by atoms with van der Waals surface area (Å²) in [5.41, 5.74) is 6.58. The van der Waals surface area contributed by atoms with E-state index in [0.717, 1.165) is 11.3 Å². The first-order valence-electron chi connectivity index (χ1n) is 9.50. The topological polar surface area (TPSA) is 152 Å². The van der Waals surface area contributed by atoms with Gasteiger partial charge in [0.1, 0.15) is 23.7 Å². The SMILES string of the molecule is CCCC=C(C(=O)NC1C(=O)N2C(C(=O)O)=C(COC(C)=O)CS[C@H]12)c1csc(N)n1. The first-order valence-corrected chi connectivity index (χ1v) is 11.4. The van der Waals surface area contributed by atoms with Crippen molar-refractivity contribution >= 4 is 57.6 Å². The number of hydrogen-bond donors (Lipinski definition) is 3. The van der Waals surface area contributed by atoms with E-state index < -0.39 is 35.2 Å². The minimum Gasteiger partial charge on any atom is -0.477 e. The van der Waals surface area contributed by atoms with Crippen LogP contribution in [-0.4, -0.2) is 62.5 Å². The third-order valence-electron chi connectivity index (χ3n) is 4.67. The summed E-state index contributed by atoms with van der Waals surface area (Å²) in [7, 11) is 0. The van der Waals surface area contributed by atoms with Crippen molar-refractivity contribution in [2.45, 2.75) is 38.1 Å². The number of aromatic nitrogens is 1. The fourth-order valence-corrected chi connectivity index (χ4v) is 5.11. The molecule has 31 heavy (non-hydrogen) atoms. The van der Waals surface area contributed by atoms with Gasteiger partial charge in [0.2, 0.25) is 0 Å². The van der Waals surface area contributed by atoms with Crippen LogP contribution in [0, 0.1) is 0 Å². The summed E-state index contributed by atoms with van der Waals surface area (Å²) in [6.07, 6.45) is 3.22. The smallest absolute Gasteiger partial charge is 0.352 e. The quantitative estimate of drug-likeness (QED) is 0.291. The zero-order chi connectivity index (χ0) is 22.7. The molecular formula is C19H22N4O6S2. The Balaban J connectivity index is 1.78. The Hall–Kier alpha value is -2.86. The number of carboxylic acids is 1. The number of anilines is 1. The number of allylic oxidation sites excluding steroid dienone is 1. The van der Waals surface area contributed by atoms with Gasteiger partial charge in [0.05, 0.1) is 11.3 Å². The molecule has 0 spiro atoms. The number of fused-ring (bicyclic) bond motifs is 1. The number of nitrogens with zero attached hydrogens (tertiary/aromatic N) is 2. The number of unbranched alkanes of at least 4 members (excludes halogenated alkanes) is 1. The van der Waals surface area contributed by atoms with Gasteiger partial charge in [0.15, 0.2) is 5.13 Å². The monoisotopic (exact) mass is 466 g/mol. The van der Waals surface area contributed by atoms with Crippen molar-refractivity contribution < 1.29 is 29.0 Å². The average Bonchev–Trinajstić information content (AvgIpc) is 3.15. The highest BCUT2D eigenvalue weighted by Crippen LogP contribution is 2.40. The summed E-state index contributed by atoms with van der Waals surface area (Å²) >= 11 is 2.51. The van der Waals surface area contributed by atoms with E-state index in [1.54, 1.807) is 11.5 Å². The molecule has 10 nitrogen and oxygen atoms in total. The number of carbonyl (C=O) groups excluding carboxylic acids is 3. The highest BCUT2D eigenvalue weighted by atomic mass is 32.2. The molecule has 166 valence electrons. The number of aliphatic carboxylic acids is 1. The molecule has 0 saturated carbocycles. The average molecular weight is 467 g/mol. The molecule has 0 bridgehead atoms. The second-order valence-electron chi connectivity index (χ2n) is 6.88. The molecule has 3 rings (SSSR count). The van der Waals surface area contributed by atoms with Crippen LogP contribution in [0.1, 0.15) is 32.4 Å². The maximum Gasteiger partial charge on any atom is 0.352 e. The van der Waals surface area contributed by atoms with Gasteiger partial charge >= 0.3 is 11.9 Å². The minimum atomic E-state index is -1.29. The first kappa shape index (κ1) is 22.8. The minimum absolute atomic E-state index is 0.200. The van der Waals surface area contributed by atoms with E-state index >= 15 is 0 Å². The summed E-state index contributed by atoms with van der Waals surface area (Å²) < 4.78 is 4.91. The van der Waals surface area contributed by atoms with Gasteiger partial charge in [-0.15, -0.1) is 23.1 Å². The van der Waals surface area contributed by atoms with Gasteiger partial charge in [0, 0.05) is 23.6 Å². The van der Waals surface area contributed by atoms with Crippen molar-refractivity contribution in [3.8, 4) is 0 Å². The third kappa shape index (κ3) is 4.74. The highest BCUT2D eigenvalue weighted by Gasteiger charge is 2.54. The maximum absolute atomic E-state index is 12.9. The van der Waals surface area contributed by atoms with Crippen molar-refractivity contribution in [2.24, 2.45) is 0 Å². The lowest BCUT2D eigenvalue weighted by molar-refractivity contribution is -0.150. The predicted molar refractivity (Wildman–Crippen MR) is 116 cm³/mol. The number of nitrogens with one attached hydrogen (secondary N) is 1. The summed E-state index contributed by atoms with van der Waals surface area (Å²) in [6.45, 7) is 2.99. The Morgan fingerprint density at radius 2 is 2.19 bits per heavy atom. The summed E-state index contributed by atoms with van der Waals surface area (Å²) in [6, 6.07) is -0.872. The summed E-state index contributed by atoms with van der Waals surface area (Å²) in [5, 5.41) is 13.8. The van der Waals surface area contributed by atoms with E-state index in [0.29, 0.717) is 28.4 Å². The van der Waals surface area contributed by atoms with Gasteiger partial charge in [-0.25, -0.2) is 9.78 Å². The molecule has 1 unspecified atom stereocenters. The number of ether oxygens (including phenoxy) is 1. The zero-order valence-corrected chi connectivity index (χ0v) is 18.5. The van der Waals surface area contributed by atoms with Crippen molar-refractivity contribution in [3.63, 3.8) is 0 Å². The number of carbonyl (C=O) groups is 4. The molecule has 0 aliphatic carbocycles. The Labute approximate surface area is 186 Å². The molecule has 12 heteroatoms. The number of thioether (sulfide) groups is 1. The lowest BCUT2D eigenvalue weighted by atomic mass is 10.0. The van der Waals surface area contributed by atoms with E-state index in [1.165, 1.54) is 30.0 Å². The van der Waals surface area contributed by atoms with Crippen LogP contribution in [0.4, 0.5) is 5.13 Å². The second kappa shape index (κ2) is 9.52. The Morgan fingerprint density at radius 1 is 1.45 bits per heavy atom. The van der Waals surface area contributed by atoms with Crippen molar-refractivity contribution in [1.82, 2.24) is 15.2 Å². The van der Waals surface area contributed by atoms with Crippen LogP contribution >= 0.6 is 23.1 Å². The third-order valence-corrected chi connectivity index (χ3v) is 6.68. The van der Waals surface area contributed by atoms with Gasteiger partial charge in [-0.05, 0) is 6.42 Å². The van der Waals surface area contributed by atoms with Crippen molar-refractivity contribution in [3.05, 3.63) is 28.4 Å². The van der Waals surface area contributed by atoms with Crippen molar-refractivity contribution in [1.29, 1.82) is 0 Å². The van der Waals surface area contributed by atoms with Crippen LogP contribution in [0.15, 0.2) is 22.7 Å². The number of hydrogen-bond acceptors (Lipinski definition) is 9. The number of nitrogens with two attached hydrogens (primary N) is 1. The standard InChI is InChI=1S/C19H22N4O6S2/c1-3-4-5-11(12-8-31-19(20)21-12)15(25)22-13-16(26)23-14(18(27)28)10(6-29-9(2)24)7-30-17(13)23/h5,8,13,17H,3-4,6-7H2,1-2H3,(H2,20,21)(H,22,25)(H,27,28)/t13?,17-/m1/s1. The molecular weight excluding hydrogens is 444 g/mol. The van der Waals surface area contributed by atoms with E-state index in [-0.39, 0.29) is 18.1 Å². The number of amides is 2. The van der Waals surface area contributed by atoms with Crippen LogP contribution < -0.4 is 11.1 Å². The van der Waals surface area contributed by atoms with Crippen molar-refractivity contribution in [2.75, 3.05) is 18.1 Å². The molecule has 2 aliphatic rings. The number of thiazole rings is 1. The fourth-order valence-electron chi connectivity index (χ4n) is 3.22. The highest BCUT2D eigenvalue weighted by molar-refractivity contribution is 8.00. The van der Waals surface area contributed by atoms with Gasteiger partial charge in [0.25, 0.3) is 11.8 Å². The lowest BCUT2D eigenvalue weighted by Gasteiger charge is -2.49. The number of nitrogen functional groups attached to an aromatic ring is 1. The maximum atomic E-state index is 12.9. The molecule has 0 aromatic carbocycles. The molecule has 1 fully saturated rings. The van der Waals surface area contributed by atoms with Crippen LogP contribution in [0.3, 0.4) is 0 Å². The fraction of sp³-hybridized carbons (Fsp3) is 0.421. The zero-order valence-electron chi connectivity index (χ0n) is 16.9. The molecule has 1 aromatic heterocycles. The van der Waals surface area contributed by atoms with E-state index in [1.807, 2.05) is 6.92 Å². The normalized spacial score (nSPS) is 20.8. The van der Waals surface area contributed by atoms with E-state index in [9.17, 15) is 24.3 Å². The Morgan fingerprint density at radius 3 is 2.77 bits per heavy atom. The molecule has 4 N–H and O–H groups in total. The van der Waals surface area contributed by atoms with E-state index in [4.69, 9.17) is 10.5 Å². The molecule has 1 saturated heterocycles. The first-order chi connectivity index (χ1) is 14.7. The molecule has 2 amide bonds. The van der Waals surface area contributed by atoms with Crippen LogP contribution in [-0.2, 0) is 23.9 Å². The van der Waals surface area contributed by atoms with Gasteiger partial charge < -0.3 is 20.9 Å². The second-order valence-corrected chi connectivity index (χ2v) is 8.87. The van der Waals surface area contributed by atoms with Crippen LogP contribution in [0.5, 0.6) is 0 Å². The molecule has 1 aromatic rings. The summed E-state index contributed by atoms with van der Waals surface area (Å²) in [5.74, 6) is -2.57. The summed E-state index contributed by atoms with van der Waals surface area (Å²) in [4.78, 5) is 53.8. The predicted octanol–water partition coefficient (Wildman–Crippen LogP) is 1.21. The lowest BCUT2D eigenvalue weighted by Crippen LogP contribution is -2.70. The van der Waals surface area contributed by atoms with Gasteiger partial charge in [-0.2, -0.15) is 0 Å². The Kier molecular flexibility index (Phi) is 7.01. The molecule has 0 radical (unpaired) electrons. The largest absolute Gasteiger partial charge is 0.477 e. The molecule has 2 aliphatic heterocycles. The van der Waals surface area contributed by atoms with E-state index in [2.05, 4.69) is 10.3 Å². The number of rotatable bonds is 8. The van der Waals surface area contributed by atoms with Crippen LogP contribution in [0.25, 0.3) is 5.57 Å².